The number of rotatable bonds is 9. The normalized spacial score (nSPS) is 16.8. The van der Waals surface area contributed by atoms with Gasteiger partial charge in [-0.15, -0.1) is 6.58 Å². The van der Waals surface area contributed by atoms with Crippen LogP contribution in [0.2, 0.25) is 0 Å². The van der Waals surface area contributed by atoms with Crippen LogP contribution >= 0.6 is 7.26 Å². The van der Waals surface area contributed by atoms with E-state index in [1.54, 1.807) is 0 Å². The Bertz CT molecular complexity index is 1420. The molecule has 42 heavy (non-hydrogen) atoms. The van der Waals surface area contributed by atoms with Gasteiger partial charge in [0.15, 0.2) is 0 Å². The zero-order chi connectivity index (χ0) is 27.9. The van der Waals surface area contributed by atoms with Crippen molar-refractivity contribution in [1.82, 2.24) is 0 Å². The topological polar surface area (TPSA) is 0 Å². The van der Waals surface area contributed by atoms with Gasteiger partial charge in [0.1, 0.15) is 23.2 Å². The van der Waals surface area contributed by atoms with Gasteiger partial charge in [-0.25, -0.2) is 0 Å². The fraction of sp³-hybridized carbons (Fsp3) is 0.200. The Kier molecular flexibility index (Phi) is 10.3. The van der Waals surface area contributed by atoms with Crippen molar-refractivity contribution in [3.63, 3.8) is 0 Å². The van der Waals surface area contributed by atoms with E-state index in [-0.39, 0.29) is 17.0 Å². The van der Waals surface area contributed by atoms with Crippen LogP contribution in [0.25, 0.3) is 11.1 Å². The van der Waals surface area contributed by atoms with Crippen LogP contribution in [-0.2, 0) is 6.16 Å². The van der Waals surface area contributed by atoms with Crippen LogP contribution in [0.5, 0.6) is 0 Å². The molecule has 5 aromatic rings. The minimum absolute atomic E-state index is 0. The second kappa shape index (κ2) is 14.3. The molecule has 1 aliphatic carbocycles. The largest absolute Gasteiger partial charge is 1.00 e. The Hall–Kier alpha value is -3.25. The summed E-state index contributed by atoms with van der Waals surface area (Å²) in [6, 6.07) is 52.3. The van der Waals surface area contributed by atoms with E-state index in [2.05, 4.69) is 152 Å². The van der Waals surface area contributed by atoms with Gasteiger partial charge in [-0.2, -0.15) is 0 Å². The van der Waals surface area contributed by atoms with Gasteiger partial charge in [-0.05, 0) is 103 Å². The van der Waals surface area contributed by atoms with Crippen LogP contribution in [0.15, 0.2) is 152 Å². The number of hydrogen-bond acceptors (Lipinski definition) is 0. The Labute approximate surface area is 263 Å². The minimum atomic E-state index is -1.90. The molecule has 0 aromatic heterocycles. The number of halogens is 1. The van der Waals surface area contributed by atoms with Crippen molar-refractivity contribution < 1.29 is 17.0 Å². The molecule has 0 aliphatic heterocycles. The average Bonchev–Trinajstić information content (AvgIpc) is 3.06. The van der Waals surface area contributed by atoms with Crippen molar-refractivity contribution in [1.29, 1.82) is 0 Å². The van der Waals surface area contributed by atoms with Crippen molar-refractivity contribution in [3.05, 3.63) is 163 Å². The summed E-state index contributed by atoms with van der Waals surface area (Å²) in [4.78, 5) is 0. The zero-order valence-electron chi connectivity index (χ0n) is 24.3. The molecule has 0 unspecified atom stereocenters. The van der Waals surface area contributed by atoms with E-state index in [9.17, 15) is 0 Å². The van der Waals surface area contributed by atoms with Crippen LogP contribution < -0.4 is 32.9 Å². The summed E-state index contributed by atoms with van der Waals surface area (Å²) in [5.74, 6) is 1.55. The molecule has 0 bridgehead atoms. The van der Waals surface area contributed by atoms with E-state index in [1.807, 2.05) is 0 Å². The lowest BCUT2D eigenvalue weighted by molar-refractivity contribution is -0.00000803. The number of benzene rings is 5. The smallest absolute Gasteiger partial charge is 0.116 e. The van der Waals surface area contributed by atoms with E-state index in [0.717, 1.165) is 12.1 Å². The summed E-state index contributed by atoms with van der Waals surface area (Å²) in [7, 11) is -1.90. The summed E-state index contributed by atoms with van der Waals surface area (Å²) in [5, 5.41) is 4.28. The lowest BCUT2D eigenvalue weighted by atomic mass is 9.77. The Morgan fingerprint density at radius 3 is 1.40 bits per heavy atom. The first-order valence-corrected chi connectivity index (χ1v) is 17.1. The Balaban J connectivity index is 0.00000353. The quantitative estimate of drug-likeness (QED) is 0.126. The molecule has 5 aromatic carbocycles. The lowest BCUT2D eigenvalue weighted by Gasteiger charge is -2.28. The summed E-state index contributed by atoms with van der Waals surface area (Å²) < 4.78 is 0. The van der Waals surface area contributed by atoms with Gasteiger partial charge in [-0.1, -0.05) is 109 Å². The molecule has 0 heterocycles. The summed E-state index contributed by atoms with van der Waals surface area (Å²) >= 11 is 0. The van der Waals surface area contributed by atoms with E-state index < -0.39 is 7.26 Å². The van der Waals surface area contributed by atoms with Gasteiger partial charge in [-0.3, -0.25) is 0 Å². The molecule has 6 rings (SSSR count). The fourth-order valence-electron chi connectivity index (χ4n) is 6.76. The van der Waals surface area contributed by atoms with Gasteiger partial charge in [0, 0.05) is 0 Å². The van der Waals surface area contributed by atoms with Crippen LogP contribution in [0, 0.1) is 5.92 Å². The molecule has 1 fully saturated rings. The standard InChI is InChI=1S/C40H40P.BrH/c1-2-12-32-19-23-34(24-20-32)36-27-29-37(30-28-36)35-25-21-33(22-26-35)31-41(38-13-6-3-7-14-38,39-15-8-4-9-16-39)40-17-10-5-11-18-40;/h2-11,13-18,21-22,25-30,32,34H,1,12,19-20,23-24,31H2;1H/q+1;/p-1/t32-,34-;. The van der Waals surface area contributed by atoms with E-state index in [1.165, 1.54) is 70.3 Å². The maximum absolute atomic E-state index is 3.94. The van der Waals surface area contributed by atoms with Gasteiger partial charge in [0.05, 0.1) is 6.16 Å². The summed E-state index contributed by atoms with van der Waals surface area (Å²) in [6.07, 6.45) is 9.55. The van der Waals surface area contributed by atoms with E-state index >= 15 is 0 Å². The highest BCUT2D eigenvalue weighted by atomic mass is 79.9. The monoisotopic (exact) mass is 630 g/mol. The third kappa shape index (κ3) is 6.54. The van der Waals surface area contributed by atoms with Crippen molar-refractivity contribution in [2.45, 2.75) is 44.2 Å². The Morgan fingerprint density at radius 2 is 0.976 bits per heavy atom. The first-order valence-electron chi connectivity index (χ1n) is 15.1. The molecule has 0 atom stereocenters. The van der Waals surface area contributed by atoms with Gasteiger partial charge in [0.2, 0.25) is 0 Å². The van der Waals surface area contributed by atoms with Gasteiger partial charge >= 0.3 is 0 Å². The van der Waals surface area contributed by atoms with Crippen LogP contribution in [-0.4, -0.2) is 0 Å². The second-order valence-electron chi connectivity index (χ2n) is 11.5. The number of hydrogen-bond donors (Lipinski definition) is 0. The predicted molar refractivity (Wildman–Crippen MR) is 180 cm³/mol. The van der Waals surface area contributed by atoms with Crippen molar-refractivity contribution in [2.24, 2.45) is 5.92 Å². The molecule has 0 saturated heterocycles. The second-order valence-corrected chi connectivity index (χ2v) is 15.0. The first-order chi connectivity index (χ1) is 20.3. The molecule has 0 nitrogen and oxygen atoms in total. The lowest BCUT2D eigenvalue weighted by Crippen LogP contribution is -3.00. The molecule has 2 heteroatoms. The van der Waals surface area contributed by atoms with Crippen molar-refractivity contribution in [3.8, 4) is 11.1 Å². The maximum Gasteiger partial charge on any atom is 0.116 e. The highest BCUT2D eigenvalue weighted by Crippen LogP contribution is 2.58. The molecule has 212 valence electrons. The zero-order valence-corrected chi connectivity index (χ0v) is 26.8. The molecule has 0 spiro atoms. The minimum Gasteiger partial charge on any atom is -1.00 e. The molecule has 0 radical (unpaired) electrons. The third-order valence-corrected chi connectivity index (χ3v) is 13.4. The van der Waals surface area contributed by atoms with Crippen molar-refractivity contribution >= 4 is 23.2 Å². The average molecular weight is 632 g/mol. The molecule has 0 amide bonds. The van der Waals surface area contributed by atoms with Crippen LogP contribution in [0.3, 0.4) is 0 Å². The van der Waals surface area contributed by atoms with Crippen LogP contribution in [0.1, 0.15) is 49.1 Å². The fourth-order valence-corrected chi connectivity index (χ4v) is 11.0. The summed E-state index contributed by atoms with van der Waals surface area (Å²) in [5.41, 5.74) is 5.48. The SMILES string of the molecule is C=CC[C@H]1CC[C@H](c2ccc(-c3ccc(C[P+](c4ccccc4)(c4ccccc4)c4ccccc4)cc3)cc2)CC1.[Br-]. The third-order valence-electron chi connectivity index (χ3n) is 9.03. The first kappa shape index (κ1) is 30.2. The van der Waals surface area contributed by atoms with Crippen LogP contribution in [0.4, 0.5) is 0 Å². The predicted octanol–water partition coefficient (Wildman–Crippen LogP) is 6.70. The van der Waals surface area contributed by atoms with E-state index in [4.69, 9.17) is 0 Å². The summed E-state index contributed by atoms with van der Waals surface area (Å²) in [6.45, 7) is 3.94. The van der Waals surface area contributed by atoms with E-state index in [0.29, 0.717) is 5.92 Å². The molecule has 0 N–H and O–H groups in total. The highest BCUT2D eigenvalue weighted by Gasteiger charge is 2.45. The van der Waals surface area contributed by atoms with Gasteiger partial charge in [0.25, 0.3) is 0 Å². The van der Waals surface area contributed by atoms with Gasteiger partial charge < -0.3 is 17.0 Å². The molecular weight excluding hydrogens is 591 g/mol. The maximum atomic E-state index is 3.94. The molecular formula is C40H40BrP. The Morgan fingerprint density at radius 1 is 0.548 bits per heavy atom. The molecule has 1 aliphatic rings. The van der Waals surface area contributed by atoms with Crippen molar-refractivity contribution in [2.75, 3.05) is 0 Å². The number of allylic oxidation sites excluding steroid dienone is 1. The highest BCUT2D eigenvalue weighted by molar-refractivity contribution is 7.95. The molecule has 1 saturated carbocycles.